The Balaban J connectivity index is 0.000000770. The Hall–Kier alpha value is -2.55. The van der Waals surface area contributed by atoms with E-state index in [4.69, 9.17) is 21.1 Å². The number of non-ortho nitro benzene ring substituents is 1. The molecular weight excluding hydrogens is 226 g/mol. The summed E-state index contributed by atoms with van der Waals surface area (Å²) in [6, 6.07) is 5.89. The van der Waals surface area contributed by atoms with Crippen LogP contribution >= 0.6 is 0 Å². The Kier molecular flexibility index (Phi) is 7.42. The second-order valence-electron chi connectivity index (χ2n) is 2.66. The van der Waals surface area contributed by atoms with E-state index in [1.807, 2.05) is 0 Å². The molecule has 0 fully saturated rings. The molecule has 1 rings (SSSR count). The highest BCUT2D eigenvalue weighted by molar-refractivity contribution is 5.35. The summed E-state index contributed by atoms with van der Waals surface area (Å²) in [5.41, 5.74) is 0.0503. The fourth-order valence-corrected chi connectivity index (χ4v) is 0.892. The molecule has 17 heavy (non-hydrogen) atoms. The van der Waals surface area contributed by atoms with Crippen LogP contribution in [0.3, 0.4) is 0 Å². The van der Waals surface area contributed by atoms with Crippen molar-refractivity contribution in [3.05, 3.63) is 34.4 Å². The third-order valence-corrected chi connectivity index (χ3v) is 1.56. The van der Waals surface area contributed by atoms with Gasteiger partial charge in [0.2, 0.25) is 0 Å². The lowest BCUT2D eigenvalue weighted by molar-refractivity contribution is -0.384. The van der Waals surface area contributed by atoms with E-state index in [-0.39, 0.29) is 12.2 Å². The number of nitro benzene ring substituents is 1. The lowest BCUT2D eigenvalue weighted by Crippen LogP contribution is -1.95. The molecule has 6 heteroatoms. The van der Waals surface area contributed by atoms with E-state index in [1.165, 1.54) is 12.1 Å². The van der Waals surface area contributed by atoms with Crippen molar-refractivity contribution in [3.8, 4) is 18.1 Å². The molecular formula is C11H11NO5. The number of hydrogen-bond donors (Lipinski definition) is 1. The highest BCUT2D eigenvalue weighted by atomic mass is 16.6. The van der Waals surface area contributed by atoms with Crippen molar-refractivity contribution >= 4 is 12.2 Å². The van der Waals surface area contributed by atoms with E-state index in [1.54, 1.807) is 12.1 Å². The number of benzene rings is 1. The van der Waals surface area contributed by atoms with Crippen LogP contribution < -0.4 is 4.74 Å². The molecule has 0 aliphatic carbocycles. The van der Waals surface area contributed by atoms with Crippen LogP contribution in [0.2, 0.25) is 0 Å². The maximum atomic E-state index is 10.3. The standard InChI is InChI=1S/C10H9NO3.CH2O2/c1-2-3-8-14-10-6-4-9(5-7-10)11(12)13;2-1-3/h1,4-7H,3,8H2;1H,(H,2,3). The molecule has 0 saturated carbocycles. The Morgan fingerprint density at radius 2 is 2.00 bits per heavy atom. The number of nitro groups is 1. The second kappa shape index (κ2) is 8.73. The van der Waals surface area contributed by atoms with Gasteiger partial charge in [0.05, 0.1) is 11.5 Å². The van der Waals surface area contributed by atoms with Crippen LogP contribution in [-0.4, -0.2) is 23.1 Å². The van der Waals surface area contributed by atoms with Gasteiger partial charge in [0, 0.05) is 18.6 Å². The molecule has 0 saturated heterocycles. The number of carbonyl (C=O) groups is 1. The molecule has 0 aliphatic heterocycles. The normalized spacial score (nSPS) is 8.18. The zero-order chi connectivity index (χ0) is 13.1. The highest BCUT2D eigenvalue weighted by Gasteiger charge is 2.03. The molecule has 1 aromatic carbocycles. The molecule has 1 N–H and O–H groups in total. The first kappa shape index (κ1) is 14.5. The van der Waals surface area contributed by atoms with Gasteiger partial charge in [0.25, 0.3) is 12.2 Å². The summed E-state index contributed by atoms with van der Waals surface area (Å²) in [5.74, 6) is 3.02. The van der Waals surface area contributed by atoms with Crippen LogP contribution in [0.5, 0.6) is 5.75 Å². The van der Waals surface area contributed by atoms with E-state index < -0.39 is 4.92 Å². The third kappa shape index (κ3) is 6.52. The van der Waals surface area contributed by atoms with Crippen molar-refractivity contribution in [2.75, 3.05) is 6.61 Å². The van der Waals surface area contributed by atoms with Gasteiger partial charge < -0.3 is 9.84 Å². The molecule has 0 radical (unpaired) electrons. The maximum Gasteiger partial charge on any atom is 0.290 e. The Labute approximate surface area is 98.0 Å². The first-order valence-corrected chi connectivity index (χ1v) is 4.54. The smallest absolute Gasteiger partial charge is 0.290 e. The van der Waals surface area contributed by atoms with Gasteiger partial charge in [-0.15, -0.1) is 12.3 Å². The molecule has 1 aromatic rings. The molecule has 0 bridgehead atoms. The minimum absolute atomic E-state index is 0.0503. The number of nitrogens with zero attached hydrogens (tertiary/aromatic N) is 1. The first-order chi connectivity index (χ1) is 8.15. The van der Waals surface area contributed by atoms with Crippen LogP contribution in [-0.2, 0) is 4.79 Å². The number of carboxylic acid groups (broad SMARTS) is 1. The predicted octanol–water partition coefficient (Wildman–Crippen LogP) is 1.70. The molecule has 0 atom stereocenters. The lowest BCUT2D eigenvalue weighted by Gasteiger charge is -2.02. The Morgan fingerprint density at radius 3 is 2.41 bits per heavy atom. The summed E-state index contributed by atoms with van der Waals surface area (Å²) in [5, 5.41) is 17.2. The topological polar surface area (TPSA) is 89.7 Å². The van der Waals surface area contributed by atoms with Crippen molar-refractivity contribution in [2.45, 2.75) is 6.42 Å². The van der Waals surface area contributed by atoms with Gasteiger partial charge in [-0.05, 0) is 12.1 Å². The number of terminal acetylenes is 1. The van der Waals surface area contributed by atoms with Crippen LogP contribution in [0, 0.1) is 22.5 Å². The molecule has 0 heterocycles. The Bertz CT molecular complexity index is 393. The zero-order valence-corrected chi connectivity index (χ0v) is 8.91. The van der Waals surface area contributed by atoms with Crippen molar-refractivity contribution < 1.29 is 19.6 Å². The van der Waals surface area contributed by atoms with E-state index in [0.29, 0.717) is 18.8 Å². The van der Waals surface area contributed by atoms with Crippen LogP contribution in [0.15, 0.2) is 24.3 Å². The van der Waals surface area contributed by atoms with E-state index in [9.17, 15) is 10.1 Å². The van der Waals surface area contributed by atoms with Crippen molar-refractivity contribution in [3.63, 3.8) is 0 Å². The number of ether oxygens (including phenoxy) is 1. The Morgan fingerprint density at radius 1 is 1.47 bits per heavy atom. The summed E-state index contributed by atoms with van der Waals surface area (Å²) in [7, 11) is 0. The fraction of sp³-hybridized carbons (Fsp3) is 0.182. The quantitative estimate of drug-likeness (QED) is 0.283. The summed E-state index contributed by atoms with van der Waals surface area (Å²) in [4.78, 5) is 18.2. The van der Waals surface area contributed by atoms with Gasteiger partial charge >= 0.3 is 0 Å². The molecule has 0 spiro atoms. The maximum absolute atomic E-state index is 10.3. The predicted molar refractivity (Wildman–Crippen MR) is 60.7 cm³/mol. The summed E-state index contributed by atoms with van der Waals surface area (Å²) < 4.78 is 5.22. The highest BCUT2D eigenvalue weighted by Crippen LogP contribution is 2.17. The van der Waals surface area contributed by atoms with E-state index in [0.717, 1.165) is 0 Å². The molecule has 0 aliphatic rings. The molecule has 0 unspecified atom stereocenters. The SMILES string of the molecule is C#CCCOc1ccc([N+](=O)[O-])cc1.O=CO. The van der Waals surface area contributed by atoms with Gasteiger partial charge in [-0.3, -0.25) is 14.9 Å². The van der Waals surface area contributed by atoms with Gasteiger partial charge in [-0.1, -0.05) is 0 Å². The van der Waals surface area contributed by atoms with Crippen molar-refractivity contribution in [2.24, 2.45) is 0 Å². The molecule has 0 aromatic heterocycles. The third-order valence-electron chi connectivity index (χ3n) is 1.56. The largest absolute Gasteiger partial charge is 0.493 e. The zero-order valence-electron chi connectivity index (χ0n) is 8.91. The average Bonchev–Trinajstić information content (AvgIpc) is 2.31. The second-order valence-corrected chi connectivity index (χ2v) is 2.66. The minimum Gasteiger partial charge on any atom is -0.493 e. The van der Waals surface area contributed by atoms with E-state index >= 15 is 0 Å². The van der Waals surface area contributed by atoms with Gasteiger partial charge in [-0.25, -0.2) is 0 Å². The summed E-state index contributed by atoms with van der Waals surface area (Å²) in [6.07, 6.45) is 5.56. The lowest BCUT2D eigenvalue weighted by atomic mass is 10.3. The minimum atomic E-state index is -0.453. The van der Waals surface area contributed by atoms with Crippen molar-refractivity contribution in [1.82, 2.24) is 0 Å². The fourth-order valence-electron chi connectivity index (χ4n) is 0.892. The van der Waals surface area contributed by atoms with Gasteiger partial charge in [-0.2, -0.15) is 0 Å². The monoisotopic (exact) mass is 237 g/mol. The summed E-state index contributed by atoms with van der Waals surface area (Å²) >= 11 is 0. The molecule has 90 valence electrons. The number of rotatable bonds is 4. The van der Waals surface area contributed by atoms with Crippen LogP contribution in [0.1, 0.15) is 6.42 Å². The first-order valence-electron chi connectivity index (χ1n) is 4.54. The van der Waals surface area contributed by atoms with Crippen molar-refractivity contribution in [1.29, 1.82) is 0 Å². The molecule has 6 nitrogen and oxygen atoms in total. The average molecular weight is 237 g/mol. The van der Waals surface area contributed by atoms with E-state index in [2.05, 4.69) is 5.92 Å². The van der Waals surface area contributed by atoms with Gasteiger partial charge in [0.15, 0.2) is 0 Å². The van der Waals surface area contributed by atoms with Gasteiger partial charge in [0.1, 0.15) is 5.75 Å². The summed E-state index contributed by atoms with van der Waals surface area (Å²) in [6.45, 7) is 0.175. The van der Waals surface area contributed by atoms with Crippen LogP contribution in [0.4, 0.5) is 5.69 Å². The molecule has 0 amide bonds. The number of hydrogen-bond acceptors (Lipinski definition) is 4. The van der Waals surface area contributed by atoms with Crippen LogP contribution in [0.25, 0.3) is 0 Å².